The molecular formula is C11H22N2O. The summed E-state index contributed by atoms with van der Waals surface area (Å²) < 4.78 is 0. The van der Waals surface area contributed by atoms with Crippen molar-refractivity contribution in [3.8, 4) is 0 Å². The van der Waals surface area contributed by atoms with E-state index in [4.69, 9.17) is 5.73 Å². The minimum absolute atomic E-state index is 0.0752. The molecule has 0 aromatic heterocycles. The molecule has 0 heterocycles. The van der Waals surface area contributed by atoms with E-state index in [1.165, 1.54) is 25.7 Å². The molecule has 0 spiro atoms. The first kappa shape index (κ1) is 11.5. The van der Waals surface area contributed by atoms with Crippen LogP contribution in [0.4, 0.5) is 0 Å². The molecule has 0 aromatic rings. The van der Waals surface area contributed by atoms with Gasteiger partial charge in [0, 0.05) is 12.5 Å². The molecule has 0 unspecified atom stereocenters. The summed E-state index contributed by atoms with van der Waals surface area (Å²) in [6.45, 7) is 5.30. The first-order valence-corrected chi connectivity index (χ1v) is 5.57. The van der Waals surface area contributed by atoms with Crippen LogP contribution in [-0.2, 0) is 4.79 Å². The predicted octanol–water partition coefficient (Wildman–Crippen LogP) is 1.28. The van der Waals surface area contributed by atoms with Crippen LogP contribution in [0.2, 0.25) is 0 Å². The normalized spacial score (nSPS) is 20.0. The van der Waals surface area contributed by atoms with E-state index in [-0.39, 0.29) is 17.2 Å². The van der Waals surface area contributed by atoms with Crippen LogP contribution in [0, 0.1) is 11.3 Å². The Morgan fingerprint density at radius 1 is 1.43 bits per heavy atom. The highest BCUT2D eigenvalue weighted by Crippen LogP contribution is 2.36. The van der Waals surface area contributed by atoms with Gasteiger partial charge in [0.2, 0.25) is 5.91 Å². The van der Waals surface area contributed by atoms with Crippen LogP contribution < -0.4 is 11.1 Å². The summed E-state index contributed by atoms with van der Waals surface area (Å²) in [7, 11) is 0. The number of hydrogen-bond donors (Lipinski definition) is 2. The van der Waals surface area contributed by atoms with E-state index >= 15 is 0 Å². The van der Waals surface area contributed by atoms with Gasteiger partial charge in [-0.3, -0.25) is 4.79 Å². The molecule has 0 aliphatic heterocycles. The van der Waals surface area contributed by atoms with E-state index in [9.17, 15) is 4.79 Å². The summed E-state index contributed by atoms with van der Waals surface area (Å²) in [5.41, 5.74) is 5.98. The Balaban J connectivity index is 2.38. The van der Waals surface area contributed by atoms with E-state index in [0.29, 0.717) is 6.54 Å². The van der Waals surface area contributed by atoms with E-state index in [0.717, 1.165) is 6.54 Å². The predicted molar refractivity (Wildman–Crippen MR) is 57.8 cm³/mol. The summed E-state index contributed by atoms with van der Waals surface area (Å²) in [6, 6.07) is 0. The van der Waals surface area contributed by atoms with E-state index in [1.807, 2.05) is 13.8 Å². The van der Waals surface area contributed by atoms with E-state index in [2.05, 4.69) is 5.32 Å². The molecule has 1 fully saturated rings. The number of hydrogen-bond acceptors (Lipinski definition) is 2. The van der Waals surface area contributed by atoms with Gasteiger partial charge in [0.25, 0.3) is 0 Å². The summed E-state index contributed by atoms with van der Waals surface area (Å²) in [4.78, 5) is 11.4. The Kier molecular flexibility index (Phi) is 3.93. The van der Waals surface area contributed by atoms with Crippen molar-refractivity contribution in [3.63, 3.8) is 0 Å². The lowest BCUT2D eigenvalue weighted by Crippen LogP contribution is -2.41. The van der Waals surface area contributed by atoms with Crippen molar-refractivity contribution in [2.75, 3.05) is 13.1 Å². The van der Waals surface area contributed by atoms with Crippen LogP contribution in [0.1, 0.15) is 39.5 Å². The van der Waals surface area contributed by atoms with Crippen molar-refractivity contribution in [2.45, 2.75) is 39.5 Å². The molecule has 14 heavy (non-hydrogen) atoms. The topological polar surface area (TPSA) is 55.1 Å². The van der Waals surface area contributed by atoms with Crippen molar-refractivity contribution >= 4 is 5.91 Å². The Morgan fingerprint density at radius 2 is 2.00 bits per heavy atom. The fourth-order valence-corrected chi connectivity index (χ4v) is 2.06. The van der Waals surface area contributed by atoms with Gasteiger partial charge in [-0.05, 0) is 24.8 Å². The zero-order chi connectivity index (χ0) is 10.6. The van der Waals surface area contributed by atoms with Gasteiger partial charge in [0.05, 0.1) is 0 Å². The van der Waals surface area contributed by atoms with E-state index in [1.54, 1.807) is 0 Å². The van der Waals surface area contributed by atoms with Crippen molar-refractivity contribution in [2.24, 2.45) is 17.1 Å². The molecule has 3 heteroatoms. The third kappa shape index (κ3) is 2.71. The van der Waals surface area contributed by atoms with Crippen molar-refractivity contribution < 1.29 is 4.79 Å². The number of rotatable bonds is 4. The molecule has 0 bridgehead atoms. The molecule has 1 rings (SSSR count). The molecule has 0 radical (unpaired) electrons. The second-order valence-corrected chi connectivity index (χ2v) is 4.78. The Bertz CT molecular complexity index is 195. The van der Waals surface area contributed by atoms with Crippen LogP contribution >= 0.6 is 0 Å². The van der Waals surface area contributed by atoms with Gasteiger partial charge < -0.3 is 11.1 Å². The molecule has 0 atom stereocenters. The smallest absolute Gasteiger partial charge is 0.222 e. The zero-order valence-electron chi connectivity index (χ0n) is 9.31. The molecule has 82 valence electrons. The molecule has 0 aromatic carbocycles. The SMILES string of the molecule is CC(C)C(=O)NCC1(CN)CCCC1. The summed E-state index contributed by atoms with van der Waals surface area (Å²) in [5, 5.41) is 3.00. The quantitative estimate of drug-likeness (QED) is 0.715. The number of amides is 1. The summed E-state index contributed by atoms with van der Waals surface area (Å²) >= 11 is 0. The number of carbonyl (C=O) groups is 1. The lowest BCUT2D eigenvalue weighted by molar-refractivity contribution is -0.124. The monoisotopic (exact) mass is 198 g/mol. The Hall–Kier alpha value is -0.570. The maximum absolute atomic E-state index is 11.4. The Morgan fingerprint density at radius 3 is 2.43 bits per heavy atom. The minimum atomic E-state index is 0.0752. The average Bonchev–Trinajstić information content (AvgIpc) is 2.63. The van der Waals surface area contributed by atoms with Gasteiger partial charge >= 0.3 is 0 Å². The van der Waals surface area contributed by atoms with Crippen molar-refractivity contribution in [1.82, 2.24) is 5.32 Å². The van der Waals surface area contributed by atoms with Crippen LogP contribution in [0.3, 0.4) is 0 Å². The first-order chi connectivity index (χ1) is 6.59. The van der Waals surface area contributed by atoms with Crippen molar-refractivity contribution in [3.05, 3.63) is 0 Å². The molecule has 1 saturated carbocycles. The standard InChI is InChI=1S/C11H22N2O/c1-9(2)10(14)13-8-11(7-12)5-3-4-6-11/h9H,3-8,12H2,1-2H3,(H,13,14). The van der Waals surface area contributed by atoms with Gasteiger partial charge in [0.1, 0.15) is 0 Å². The van der Waals surface area contributed by atoms with Crippen LogP contribution in [-0.4, -0.2) is 19.0 Å². The fraction of sp³-hybridized carbons (Fsp3) is 0.909. The highest BCUT2D eigenvalue weighted by Gasteiger charge is 2.32. The van der Waals surface area contributed by atoms with Gasteiger partial charge in [-0.1, -0.05) is 26.7 Å². The lowest BCUT2D eigenvalue weighted by atomic mass is 9.86. The van der Waals surface area contributed by atoms with Crippen molar-refractivity contribution in [1.29, 1.82) is 0 Å². The highest BCUT2D eigenvalue weighted by atomic mass is 16.1. The first-order valence-electron chi connectivity index (χ1n) is 5.57. The lowest BCUT2D eigenvalue weighted by Gasteiger charge is -2.27. The Labute approximate surface area is 86.4 Å². The largest absolute Gasteiger partial charge is 0.355 e. The molecule has 1 aliphatic rings. The number of carbonyl (C=O) groups excluding carboxylic acids is 1. The highest BCUT2D eigenvalue weighted by molar-refractivity contribution is 5.77. The maximum Gasteiger partial charge on any atom is 0.222 e. The molecule has 3 N–H and O–H groups in total. The molecule has 0 saturated heterocycles. The number of nitrogens with two attached hydrogens (primary N) is 1. The molecule has 3 nitrogen and oxygen atoms in total. The minimum Gasteiger partial charge on any atom is -0.355 e. The third-order valence-electron chi connectivity index (χ3n) is 3.26. The van der Waals surface area contributed by atoms with Crippen LogP contribution in [0.15, 0.2) is 0 Å². The zero-order valence-corrected chi connectivity index (χ0v) is 9.31. The van der Waals surface area contributed by atoms with Crippen LogP contribution in [0.25, 0.3) is 0 Å². The summed E-state index contributed by atoms with van der Waals surface area (Å²) in [5.74, 6) is 0.218. The van der Waals surface area contributed by atoms with Gasteiger partial charge in [0.15, 0.2) is 0 Å². The average molecular weight is 198 g/mol. The second kappa shape index (κ2) is 4.78. The molecule has 1 amide bonds. The van der Waals surface area contributed by atoms with Gasteiger partial charge in [-0.2, -0.15) is 0 Å². The van der Waals surface area contributed by atoms with E-state index < -0.39 is 0 Å². The molecule has 1 aliphatic carbocycles. The number of nitrogens with one attached hydrogen (secondary N) is 1. The summed E-state index contributed by atoms with van der Waals surface area (Å²) in [6.07, 6.45) is 4.85. The second-order valence-electron chi connectivity index (χ2n) is 4.78. The van der Waals surface area contributed by atoms with Gasteiger partial charge in [-0.25, -0.2) is 0 Å². The molecular weight excluding hydrogens is 176 g/mol. The maximum atomic E-state index is 11.4. The fourth-order valence-electron chi connectivity index (χ4n) is 2.06. The van der Waals surface area contributed by atoms with Crippen LogP contribution in [0.5, 0.6) is 0 Å². The van der Waals surface area contributed by atoms with Gasteiger partial charge in [-0.15, -0.1) is 0 Å². The third-order valence-corrected chi connectivity index (χ3v) is 3.26.